The Kier molecular flexibility index (Phi) is 5.28. The second-order valence-electron chi connectivity index (χ2n) is 3.70. The molecule has 1 aromatic rings. The molecule has 3 amide bonds. The number of alkyl halides is 3. The molecule has 0 aliphatic carbocycles. The van der Waals surface area contributed by atoms with Crippen molar-refractivity contribution in [3.63, 3.8) is 0 Å². The van der Waals surface area contributed by atoms with Gasteiger partial charge in [-0.15, -0.1) is 0 Å². The van der Waals surface area contributed by atoms with Crippen LogP contribution in [-0.4, -0.2) is 30.7 Å². The van der Waals surface area contributed by atoms with Crippen LogP contribution >= 0.6 is 0 Å². The van der Waals surface area contributed by atoms with Crippen molar-refractivity contribution in [1.82, 2.24) is 5.32 Å². The summed E-state index contributed by atoms with van der Waals surface area (Å²) in [4.78, 5) is 33.0. The molecule has 0 fully saturated rings. The number of esters is 1. The number of carbonyl (C=O) groups is 3. The molecule has 0 bridgehead atoms. The molecule has 0 unspecified atom stereocenters. The minimum Gasteiger partial charge on any atom is -0.462 e. The number of imide groups is 1. The lowest BCUT2D eigenvalue weighted by molar-refractivity contribution is -0.172. The van der Waals surface area contributed by atoms with Gasteiger partial charge in [0.05, 0.1) is 12.2 Å². The van der Waals surface area contributed by atoms with Crippen LogP contribution < -0.4 is 10.6 Å². The Hall–Kier alpha value is -2.58. The van der Waals surface area contributed by atoms with Crippen LogP contribution in [0.15, 0.2) is 24.3 Å². The SMILES string of the molecule is CCOC(=O)c1ccc(NC(=O)NC(=O)C(F)(F)F)cc1. The van der Waals surface area contributed by atoms with Gasteiger partial charge in [-0.2, -0.15) is 13.2 Å². The first-order valence-corrected chi connectivity index (χ1v) is 5.70. The maximum absolute atomic E-state index is 11.9. The Labute approximate surface area is 117 Å². The molecule has 0 radical (unpaired) electrons. The fourth-order valence-electron chi connectivity index (χ4n) is 1.24. The fourth-order valence-corrected chi connectivity index (χ4v) is 1.24. The first-order chi connectivity index (χ1) is 9.74. The van der Waals surface area contributed by atoms with Crippen molar-refractivity contribution in [3.8, 4) is 0 Å². The average molecular weight is 304 g/mol. The highest BCUT2D eigenvalue weighted by Crippen LogP contribution is 2.14. The van der Waals surface area contributed by atoms with Gasteiger partial charge in [0.2, 0.25) is 0 Å². The van der Waals surface area contributed by atoms with Crippen LogP contribution in [-0.2, 0) is 9.53 Å². The minimum atomic E-state index is -5.15. The third-order valence-corrected chi connectivity index (χ3v) is 2.14. The zero-order chi connectivity index (χ0) is 16.0. The second kappa shape index (κ2) is 6.73. The number of urea groups is 1. The van der Waals surface area contributed by atoms with E-state index in [9.17, 15) is 27.6 Å². The monoisotopic (exact) mass is 304 g/mol. The zero-order valence-corrected chi connectivity index (χ0v) is 10.8. The molecule has 1 rings (SSSR count). The van der Waals surface area contributed by atoms with Gasteiger partial charge in [0.15, 0.2) is 0 Å². The summed E-state index contributed by atoms with van der Waals surface area (Å²) in [5, 5.41) is 3.14. The highest BCUT2D eigenvalue weighted by atomic mass is 19.4. The van der Waals surface area contributed by atoms with Crippen molar-refractivity contribution in [3.05, 3.63) is 29.8 Å². The van der Waals surface area contributed by atoms with Gasteiger partial charge < -0.3 is 10.1 Å². The Morgan fingerprint density at radius 2 is 1.71 bits per heavy atom. The van der Waals surface area contributed by atoms with Gasteiger partial charge in [0.1, 0.15) is 0 Å². The molecular weight excluding hydrogens is 293 g/mol. The molecule has 0 saturated carbocycles. The number of rotatable bonds is 3. The van der Waals surface area contributed by atoms with Crippen LogP contribution in [0.4, 0.5) is 23.7 Å². The number of ether oxygens (including phenoxy) is 1. The van der Waals surface area contributed by atoms with E-state index in [1.807, 2.05) is 5.32 Å². The summed E-state index contributed by atoms with van der Waals surface area (Å²) in [7, 11) is 0. The number of hydrogen-bond donors (Lipinski definition) is 2. The molecule has 2 N–H and O–H groups in total. The highest BCUT2D eigenvalue weighted by Gasteiger charge is 2.39. The minimum absolute atomic E-state index is 0.107. The molecule has 0 heterocycles. The highest BCUT2D eigenvalue weighted by molar-refractivity contribution is 6.03. The van der Waals surface area contributed by atoms with Crippen molar-refractivity contribution in [2.45, 2.75) is 13.1 Å². The zero-order valence-electron chi connectivity index (χ0n) is 10.8. The smallest absolute Gasteiger partial charge is 0.462 e. The van der Waals surface area contributed by atoms with E-state index < -0.39 is 24.1 Å². The van der Waals surface area contributed by atoms with Crippen LogP contribution in [0.3, 0.4) is 0 Å². The Morgan fingerprint density at radius 3 is 2.19 bits per heavy atom. The number of nitrogens with one attached hydrogen (secondary N) is 2. The number of amides is 3. The molecule has 0 saturated heterocycles. The summed E-state index contributed by atoms with van der Waals surface area (Å²) in [6.07, 6.45) is -5.15. The number of hydrogen-bond acceptors (Lipinski definition) is 4. The predicted molar refractivity (Wildman–Crippen MR) is 65.6 cm³/mol. The van der Waals surface area contributed by atoms with E-state index in [0.29, 0.717) is 0 Å². The molecule has 1 aromatic carbocycles. The Balaban J connectivity index is 2.62. The van der Waals surface area contributed by atoms with Gasteiger partial charge in [0, 0.05) is 5.69 Å². The average Bonchev–Trinajstić information content (AvgIpc) is 2.38. The van der Waals surface area contributed by atoms with Crippen molar-refractivity contribution in [1.29, 1.82) is 0 Å². The maximum atomic E-state index is 11.9. The molecule has 0 aliphatic heterocycles. The summed E-state index contributed by atoms with van der Waals surface area (Å²) in [6.45, 7) is 1.83. The van der Waals surface area contributed by atoms with E-state index in [0.717, 1.165) is 5.32 Å². The van der Waals surface area contributed by atoms with E-state index in [1.54, 1.807) is 6.92 Å². The topological polar surface area (TPSA) is 84.5 Å². The van der Waals surface area contributed by atoms with Gasteiger partial charge in [0.25, 0.3) is 0 Å². The van der Waals surface area contributed by atoms with Crippen molar-refractivity contribution in [2.24, 2.45) is 0 Å². The summed E-state index contributed by atoms with van der Waals surface area (Å²) in [5.74, 6) is -2.94. The van der Waals surface area contributed by atoms with E-state index in [4.69, 9.17) is 4.74 Å². The standard InChI is InChI=1S/C12H11F3N2O4/c1-2-21-9(18)7-3-5-8(6-4-7)16-11(20)17-10(19)12(13,14)15/h3-6H,2H2,1H3,(H2,16,17,19,20). The van der Waals surface area contributed by atoms with Crippen molar-refractivity contribution < 1.29 is 32.3 Å². The van der Waals surface area contributed by atoms with Crippen LogP contribution in [0.5, 0.6) is 0 Å². The lowest BCUT2D eigenvalue weighted by Gasteiger charge is -2.09. The lowest BCUT2D eigenvalue weighted by Crippen LogP contribution is -2.42. The number of anilines is 1. The predicted octanol–water partition coefficient (Wildman–Crippen LogP) is 2.07. The molecule has 0 aliphatic rings. The normalized spacial score (nSPS) is 10.7. The van der Waals surface area contributed by atoms with Gasteiger partial charge >= 0.3 is 24.1 Å². The molecule has 9 heteroatoms. The van der Waals surface area contributed by atoms with E-state index in [-0.39, 0.29) is 17.9 Å². The molecule has 0 spiro atoms. The lowest BCUT2D eigenvalue weighted by atomic mass is 10.2. The first kappa shape index (κ1) is 16.5. The summed E-state index contributed by atoms with van der Waals surface area (Å²) in [5.41, 5.74) is 0.324. The van der Waals surface area contributed by atoms with Crippen molar-refractivity contribution >= 4 is 23.6 Å². The quantitative estimate of drug-likeness (QED) is 0.837. The number of halogens is 3. The molecule has 21 heavy (non-hydrogen) atoms. The van der Waals surface area contributed by atoms with Crippen LogP contribution in [0.2, 0.25) is 0 Å². The van der Waals surface area contributed by atoms with Crippen LogP contribution in [0, 0.1) is 0 Å². The Bertz CT molecular complexity index is 540. The number of benzene rings is 1. The first-order valence-electron chi connectivity index (χ1n) is 5.70. The summed E-state index contributed by atoms with van der Waals surface area (Å²) >= 11 is 0. The number of carbonyl (C=O) groups excluding carboxylic acids is 3. The summed E-state index contributed by atoms with van der Waals surface area (Å²) < 4.78 is 40.5. The van der Waals surface area contributed by atoms with Crippen LogP contribution in [0.25, 0.3) is 0 Å². The third kappa shape index (κ3) is 5.13. The molecule has 6 nitrogen and oxygen atoms in total. The Morgan fingerprint density at radius 1 is 1.14 bits per heavy atom. The van der Waals surface area contributed by atoms with Gasteiger partial charge in [-0.3, -0.25) is 10.1 Å². The van der Waals surface area contributed by atoms with Gasteiger partial charge in [-0.05, 0) is 31.2 Å². The molecule has 0 aromatic heterocycles. The molecule has 0 atom stereocenters. The largest absolute Gasteiger partial charge is 0.471 e. The third-order valence-electron chi connectivity index (χ3n) is 2.14. The van der Waals surface area contributed by atoms with E-state index in [2.05, 4.69) is 0 Å². The van der Waals surface area contributed by atoms with Gasteiger partial charge in [-0.1, -0.05) is 0 Å². The van der Waals surface area contributed by atoms with E-state index in [1.165, 1.54) is 24.3 Å². The second-order valence-corrected chi connectivity index (χ2v) is 3.70. The van der Waals surface area contributed by atoms with Gasteiger partial charge in [-0.25, -0.2) is 9.59 Å². The summed E-state index contributed by atoms with van der Waals surface area (Å²) in [6, 6.07) is 3.87. The molecule has 114 valence electrons. The maximum Gasteiger partial charge on any atom is 0.471 e. The fraction of sp³-hybridized carbons (Fsp3) is 0.250. The molecular formula is C12H11F3N2O4. The van der Waals surface area contributed by atoms with E-state index >= 15 is 0 Å². The van der Waals surface area contributed by atoms with Crippen molar-refractivity contribution in [2.75, 3.05) is 11.9 Å². The van der Waals surface area contributed by atoms with Crippen LogP contribution in [0.1, 0.15) is 17.3 Å².